The summed E-state index contributed by atoms with van der Waals surface area (Å²) in [7, 11) is 0. The van der Waals surface area contributed by atoms with Crippen LogP contribution in [0.15, 0.2) is 0 Å². The molecule has 0 amide bonds. The molecule has 0 aromatic heterocycles. The number of aliphatic hydroxyl groups is 2. The second kappa shape index (κ2) is 18.2. The number of esters is 1. The largest absolute Gasteiger partial charge is 0.466 e. The molecular formula is C21H42O4. The number of rotatable bonds is 18. The SMILES string of the molecule is CCCCCCCC[C@H](O)[C@@H](O)CCCCCCCC(=O)OCCC. The van der Waals surface area contributed by atoms with Crippen molar-refractivity contribution in [3.8, 4) is 0 Å². The van der Waals surface area contributed by atoms with Crippen molar-refractivity contribution in [3.05, 3.63) is 0 Å². The summed E-state index contributed by atoms with van der Waals surface area (Å²) in [4.78, 5) is 11.3. The van der Waals surface area contributed by atoms with Gasteiger partial charge in [-0.2, -0.15) is 0 Å². The van der Waals surface area contributed by atoms with E-state index in [2.05, 4.69) is 6.92 Å². The number of carbonyl (C=O) groups is 1. The molecule has 150 valence electrons. The van der Waals surface area contributed by atoms with Crippen molar-refractivity contribution in [2.24, 2.45) is 0 Å². The van der Waals surface area contributed by atoms with Crippen LogP contribution in [0.1, 0.15) is 110 Å². The molecule has 4 heteroatoms. The van der Waals surface area contributed by atoms with E-state index in [1.54, 1.807) is 0 Å². The van der Waals surface area contributed by atoms with Crippen molar-refractivity contribution < 1.29 is 19.7 Å². The van der Waals surface area contributed by atoms with E-state index in [9.17, 15) is 15.0 Å². The van der Waals surface area contributed by atoms with Crippen LogP contribution in [0, 0.1) is 0 Å². The van der Waals surface area contributed by atoms with E-state index in [-0.39, 0.29) is 5.97 Å². The summed E-state index contributed by atoms with van der Waals surface area (Å²) in [6.07, 6.45) is 13.8. The van der Waals surface area contributed by atoms with Crippen LogP contribution in [-0.2, 0) is 9.53 Å². The molecule has 0 unspecified atom stereocenters. The Morgan fingerprint density at radius 3 is 1.72 bits per heavy atom. The number of ether oxygens (including phenoxy) is 1. The van der Waals surface area contributed by atoms with E-state index in [0.717, 1.165) is 51.4 Å². The Bertz CT molecular complexity index is 294. The fraction of sp³-hybridized carbons (Fsp3) is 0.952. The number of unbranched alkanes of at least 4 members (excludes halogenated alkanes) is 9. The van der Waals surface area contributed by atoms with Crippen LogP contribution in [0.4, 0.5) is 0 Å². The predicted molar refractivity (Wildman–Crippen MR) is 104 cm³/mol. The lowest BCUT2D eigenvalue weighted by atomic mass is 9.99. The smallest absolute Gasteiger partial charge is 0.305 e. The third kappa shape index (κ3) is 16.6. The molecule has 0 aromatic carbocycles. The van der Waals surface area contributed by atoms with Gasteiger partial charge in [0.15, 0.2) is 0 Å². The maximum Gasteiger partial charge on any atom is 0.305 e. The Morgan fingerprint density at radius 1 is 0.720 bits per heavy atom. The van der Waals surface area contributed by atoms with Crippen molar-refractivity contribution in [1.29, 1.82) is 0 Å². The molecule has 0 spiro atoms. The molecule has 0 bridgehead atoms. The first-order valence-corrected chi connectivity index (χ1v) is 10.6. The van der Waals surface area contributed by atoms with E-state index in [1.165, 1.54) is 25.7 Å². The normalized spacial score (nSPS) is 13.6. The molecule has 0 radical (unpaired) electrons. The molecule has 0 aromatic rings. The average Bonchev–Trinajstić information content (AvgIpc) is 2.61. The van der Waals surface area contributed by atoms with E-state index in [1.807, 2.05) is 6.92 Å². The number of hydrogen-bond acceptors (Lipinski definition) is 4. The molecule has 4 nitrogen and oxygen atoms in total. The summed E-state index contributed by atoms with van der Waals surface area (Å²) in [5.41, 5.74) is 0. The third-order valence-electron chi connectivity index (χ3n) is 4.65. The zero-order valence-corrected chi connectivity index (χ0v) is 16.7. The monoisotopic (exact) mass is 358 g/mol. The molecule has 0 heterocycles. The van der Waals surface area contributed by atoms with E-state index >= 15 is 0 Å². The molecule has 0 aliphatic carbocycles. The van der Waals surface area contributed by atoms with Crippen LogP contribution in [-0.4, -0.2) is 35.0 Å². The van der Waals surface area contributed by atoms with Gasteiger partial charge in [0.25, 0.3) is 0 Å². The van der Waals surface area contributed by atoms with Gasteiger partial charge in [0.1, 0.15) is 0 Å². The summed E-state index contributed by atoms with van der Waals surface area (Å²) in [6.45, 7) is 4.73. The van der Waals surface area contributed by atoms with Crippen LogP contribution in [0.25, 0.3) is 0 Å². The van der Waals surface area contributed by atoms with Gasteiger partial charge in [-0.25, -0.2) is 0 Å². The van der Waals surface area contributed by atoms with Crippen molar-refractivity contribution >= 4 is 5.97 Å². The highest BCUT2D eigenvalue weighted by atomic mass is 16.5. The standard InChI is InChI=1S/C21H42O4/c1-3-5-6-7-9-12-15-19(22)20(23)16-13-10-8-11-14-17-21(24)25-18-4-2/h19-20,22-23H,3-18H2,1-2H3/t19-,20-/m0/s1. The average molecular weight is 359 g/mol. The Kier molecular flexibility index (Phi) is 17.7. The van der Waals surface area contributed by atoms with Gasteiger partial charge in [-0.1, -0.05) is 78.1 Å². The van der Waals surface area contributed by atoms with Crippen molar-refractivity contribution in [2.45, 2.75) is 122 Å². The Balaban J connectivity index is 3.41. The van der Waals surface area contributed by atoms with E-state index in [0.29, 0.717) is 25.9 Å². The minimum atomic E-state index is -0.584. The Labute approximate surface area is 155 Å². The quantitative estimate of drug-likeness (QED) is 0.263. The minimum absolute atomic E-state index is 0.0879. The fourth-order valence-corrected chi connectivity index (χ4v) is 2.96. The molecule has 2 N–H and O–H groups in total. The van der Waals surface area contributed by atoms with Crippen LogP contribution in [0.3, 0.4) is 0 Å². The topological polar surface area (TPSA) is 66.8 Å². The van der Waals surface area contributed by atoms with Crippen molar-refractivity contribution in [1.82, 2.24) is 0 Å². The first-order chi connectivity index (χ1) is 12.1. The molecule has 0 aliphatic heterocycles. The summed E-state index contributed by atoms with van der Waals surface area (Å²) >= 11 is 0. The summed E-state index contributed by atoms with van der Waals surface area (Å²) in [6, 6.07) is 0. The summed E-state index contributed by atoms with van der Waals surface area (Å²) < 4.78 is 5.04. The van der Waals surface area contributed by atoms with Gasteiger partial charge >= 0.3 is 5.97 Å². The lowest BCUT2D eigenvalue weighted by molar-refractivity contribution is -0.143. The molecule has 0 saturated carbocycles. The second-order valence-corrected chi connectivity index (χ2v) is 7.22. The summed E-state index contributed by atoms with van der Waals surface area (Å²) in [5, 5.41) is 20.0. The van der Waals surface area contributed by atoms with Crippen LogP contribution >= 0.6 is 0 Å². The first kappa shape index (κ1) is 24.4. The number of hydrogen-bond donors (Lipinski definition) is 2. The molecule has 0 saturated heterocycles. The van der Waals surface area contributed by atoms with Crippen LogP contribution in [0.2, 0.25) is 0 Å². The van der Waals surface area contributed by atoms with Gasteiger partial charge in [0.05, 0.1) is 18.8 Å². The second-order valence-electron chi connectivity index (χ2n) is 7.22. The maximum absolute atomic E-state index is 11.3. The van der Waals surface area contributed by atoms with Gasteiger partial charge in [-0.05, 0) is 25.7 Å². The van der Waals surface area contributed by atoms with Gasteiger partial charge < -0.3 is 14.9 Å². The van der Waals surface area contributed by atoms with Gasteiger partial charge in [0.2, 0.25) is 0 Å². The molecule has 0 fully saturated rings. The lowest BCUT2D eigenvalue weighted by Gasteiger charge is -2.17. The molecule has 0 rings (SSSR count). The molecule has 25 heavy (non-hydrogen) atoms. The predicted octanol–water partition coefficient (Wildman–Crippen LogP) is 5.14. The van der Waals surface area contributed by atoms with E-state index < -0.39 is 12.2 Å². The number of aliphatic hydroxyl groups excluding tert-OH is 2. The third-order valence-corrected chi connectivity index (χ3v) is 4.65. The van der Waals surface area contributed by atoms with Crippen LogP contribution in [0.5, 0.6) is 0 Å². The summed E-state index contributed by atoms with van der Waals surface area (Å²) in [5.74, 6) is -0.0879. The number of carbonyl (C=O) groups excluding carboxylic acids is 1. The minimum Gasteiger partial charge on any atom is -0.466 e. The van der Waals surface area contributed by atoms with Gasteiger partial charge in [-0.15, -0.1) is 0 Å². The molecule has 2 atom stereocenters. The highest BCUT2D eigenvalue weighted by molar-refractivity contribution is 5.69. The molecular weight excluding hydrogens is 316 g/mol. The van der Waals surface area contributed by atoms with Crippen molar-refractivity contribution in [2.75, 3.05) is 6.61 Å². The first-order valence-electron chi connectivity index (χ1n) is 10.6. The fourth-order valence-electron chi connectivity index (χ4n) is 2.96. The highest BCUT2D eigenvalue weighted by Crippen LogP contribution is 2.15. The Hall–Kier alpha value is -0.610. The highest BCUT2D eigenvalue weighted by Gasteiger charge is 2.15. The Morgan fingerprint density at radius 2 is 1.20 bits per heavy atom. The van der Waals surface area contributed by atoms with Gasteiger partial charge in [-0.3, -0.25) is 4.79 Å². The van der Waals surface area contributed by atoms with Crippen LogP contribution < -0.4 is 0 Å². The zero-order chi connectivity index (χ0) is 18.8. The lowest BCUT2D eigenvalue weighted by Crippen LogP contribution is -2.25. The zero-order valence-electron chi connectivity index (χ0n) is 16.7. The molecule has 0 aliphatic rings. The van der Waals surface area contributed by atoms with Gasteiger partial charge in [0, 0.05) is 6.42 Å². The maximum atomic E-state index is 11.3. The van der Waals surface area contributed by atoms with Crippen molar-refractivity contribution in [3.63, 3.8) is 0 Å². The van der Waals surface area contributed by atoms with E-state index in [4.69, 9.17) is 4.74 Å².